The minimum absolute atomic E-state index is 0.490. The van der Waals surface area contributed by atoms with E-state index in [1.807, 2.05) is 12.3 Å². The van der Waals surface area contributed by atoms with E-state index in [0.717, 1.165) is 31.9 Å². The first-order chi connectivity index (χ1) is 11.4. The average molecular weight is 336 g/mol. The van der Waals surface area contributed by atoms with Gasteiger partial charge in [0.05, 0.1) is 12.7 Å². The zero-order valence-corrected chi connectivity index (χ0v) is 14.9. The van der Waals surface area contributed by atoms with Crippen molar-refractivity contribution in [1.82, 2.24) is 9.71 Å². The van der Waals surface area contributed by atoms with Crippen LogP contribution in [0.1, 0.15) is 38.5 Å². The summed E-state index contributed by atoms with van der Waals surface area (Å²) in [6.07, 6.45) is 12.2. The minimum Gasteiger partial charge on any atom is -0.378 e. The lowest BCUT2D eigenvalue weighted by atomic mass is 9.93. The molecule has 3 rings (SSSR count). The molecule has 0 bridgehead atoms. The molecule has 1 saturated carbocycles. The Labute approximate surface area is 144 Å². The molecule has 1 aromatic heterocycles. The Morgan fingerprint density at radius 2 is 2.13 bits per heavy atom. The van der Waals surface area contributed by atoms with Crippen molar-refractivity contribution in [2.24, 2.45) is 5.92 Å². The largest absolute Gasteiger partial charge is 0.378 e. The second-order valence-corrected chi connectivity index (χ2v) is 7.35. The number of pyridine rings is 1. The van der Waals surface area contributed by atoms with Crippen molar-refractivity contribution in [2.45, 2.75) is 50.7 Å². The third kappa shape index (κ3) is 4.85. The predicted octanol–water partition coefficient (Wildman–Crippen LogP) is 3.49. The van der Waals surface area contributed by atoms with E-state index in [2.05, 4.69) is 33.0 Å². The van der Waals surface area contributed by atoms with Gasteiger partial charge in [0.25, 0.3) is 0 Å². The maximum atomic E-state index is 6.29. The first-order valence-corrected chi connectivity index (χ1v) is 10.2. The van der Waals surface area contributed by atoms with Gasteiger partial charge in [-0.1, -0.05) is 37.3 Å². The first-order valence-electron chi connectivity index (χ1n) is 8.93. The zero-order valence-electron chi connectivity index (χ0n) is 14.1. The third-order valence-corrected chi connectivity index (χ3v) is 5.61. The monoisotopic (exact) mass is 335 g/mol. The Kier molecular flexibility index (Phi) is 6.60. The van der Waals surface area contributed by atoms with Crippen LogP contribution >= 0.6 is 11.9 Å². The molecular formula is C18H29N3OS. The molecule has 0 spiro atoms. The smallest absolute Gasteiger partial charge is 0.128 e. The van der Waals surface area contributed by atoms with E-state index >= 15 is 0 Å². The van der Waals surface area contributed by atoms with Gasteiger partial charge in [0.15, 0.2) is 0 Å². The Balaban J connectivity index is 1.58. The quantitative estimate of drug-likeness (QED) is 0.806. The van der Waals surface area contributed by atoms with Crippen LogP contribution < -0.4 is 9.62 Å². The summed E-state index contributed by atoms with van der Waals surface area (Å²) in [5.74, 6) is 1.62. The van der Waals surface area contributed by atoms with Crippen LogP contribution in [-0.2, 0) is 4.74 Å². The van der Waals surface area contributed by atoms with Crippen LogP contribution in [0.4, 0.5) is 5.82 Å². The van der Waals surface area contributed by atoms with Crippen molar-refractivity contribution in [2.75, 3.05) is 30.9 Å². The molecule has 2 aliphatic rings. The summed E-state index contributed by atoms with van der Waals surface area (Å²) in [5, 5.41) is 0. The summed E-state index contributed by atoms with van der Waals surface area (Å²) < 4.78 is 9.87. The highest BCUT2D eigenvalue weighted by molar-refractivity contribution is 7.96. The van der Waals surface area contributed by atoms with Gasteiger partial charge in [0.2, 0.25) is 0 Å². The topological polar surface area (TPSA) is 37.4 Å². The second kappa shape index (κ2) is 8.90. The summed E-state index contributed by atoms with van der Waals surface area (Å²) >= 11 is 1.73. The van der Waals surface area contributed by atoms with Gasteiger partial charge in [-0.25, -0.2) is 4.98 Å². The molecule has 0 radical (unpaired) electrons. The number of nitrogens with one attached hydrogen (secondary N) is 1. The van der Waals surface area contributed by atoms with Crippen molar-refractivity contribution in [3.63, 3.8) is 0 Å². The van der Waals surface area contributed by atoms with Crippen molar-refractivity contribution < 1.29 is 4.74 Å². The number of ether oxygens (including phenoxy) is 1. The molecule has 5 heteroatoms. The molecule has 23 heavy (non-hydrogen) atoms. The van der Waals surface area contributed by atoms with Crippen LogP contribution in [0, 0.1) is 5.92 Å². The van der Waals surface area contributed by atoms with Gasteiger partial charge in [0.1, 0.15) is 5.82 Å². The van der Waals surface area contributed by atoms with Crippen molar-refractivity contribution >= 4 is 17.8 Å². The summed E-state index contributed by atoms with van der Waals surface area (Å²) in [6, 6.07) is 6.70. The molecular weight excluding hydrogens is 306 g/mol. The van der Waals surface area contributed by atoms with Gasteiger partial charge in [-0.05, 0) is 37.7 Å². The van der Waals surface area contributed by atoms with Crippen molar-refractivity contribution in [3.8, 4) is 0 Å². The van der Waals surface area contributed by atoms with Gasteiger partial charge in [-0.3, -0.25) is 4.72 Å². The summed E-state index contributed by atoms with van der Waals surface area (Å²) in [6.45, 7) is 2.96. The zero-order chi connectivity index (χ0) is 15.9. The van der Waals surface area contributed by atoms with E-state index < -0.39 is 0 Å². The minimum atomic E-state index is 0.490. The SMILES string of the molecule is CSNC1CCN(c2ccccn2)CC1COC1CCCCC1. The summed E-state index contributed by atoms with van der Waals surface area (Å²) in [4.78, 5) is 6.93. The Morgan fingerprint density at radius 1 is 1.26 bits per heavy atom. The lowest BCUT2D eigenvalue weighted by Gasteiger charge is -2.39. The van der Waals surface area contributed by atoms with E-state index in [-0.39, 0.29) is 0 Å². The maximum absolute atomic E-state index is 6.29. The van der Waals surface area contributed by atoms with Gasteiger partial charge < -0.3 is 9.64 Å². The molecule has 1 aliphatic carbocycles. The number of piperidine rings is 1. The summed E-state index contributed by atoms with van der Waals surface area (Å²) in [7, 11) is 0. The molecule has 2 unspecified atom stereocenters. The lowest BCUT2D eigenvalue weighted by molar-refractivity contribution is 0.000919. The molecule has 2 heterocycles. The molecule has 1 N–H and O–H groups in total. The van der Waals surface area contributed by atoms with Crippen LogP contribution in [0.5, 0.6) is 0 Å². The van der Waals surface area contributed by atoms with E-state index in [1.165, 1.54) is 32.1 Å². The fourth-order valence-corrected chi connectivity index (χ4v) is 4.36. The average Bonchev–Trinajstić information content (AvgIpc) is 2.63. The number of hydrogen-bond acceptors (Lipinski definition) is 5. The molecule has 0 amide bonds. The lowest BCUT2D eigenvalue weighted by Crippen LogP contribution is -2.50. The van der Waals surface area contributed by atoms with Crippen LogP contribution in [-0.4, -0.2) is 43.1 Å². The van der Waals surface area contributed by atoms with E-state index in [0.29, 0.717) is 18.1 Å². The highest BCUT2D eigenvalue weighted by atomic mass is 32.2. The normalized spacial score (nSPS) is 26.4. The number of hydrogen-bond donors (Lipinski definition) is 1. The van der Waals surface area contributed by atoms with Crippen LogP contribution in [0.2, 0.25) is 0 Å². The second-order valence-electron chi connectivity index (χ2n) is 6.70. The maximum Gasteiger partial charge on any atom is 0.128 e. The van der Waals surface area contributed by atoms with Crippen molar-refractivity contribution in [1.29, 1.82) is 0 Å². The van der Waals surface area contributed by atoms with Gasteiger partial charge in [0, 0.05) is 31.2 Å². The highest BCUT2D eigenvalue weighted by Gasteiger charge is 2.30. The third-order valence-electron chi connectivity index (χ3n) is 5.07. The number of nitrogens with zero attached hydrogens (tertiary/aromatic N) is 2. The fourth-order valence-electron chi connectivity index (χ4n) is 3.75. The van der Waals surface area contributed by atoms with E-state index in [4.69, 9.17) is 4.74 Å². The first kappa shape index (κ1) is 17.1. The molecule has 0 aromatic carbocycles. The molecule has 2 fully saturated rings. The Morgan fingerprint density at radius 3 is 2.87 bits per heavy atom. The van der Waals surface area contributed by atoms with E-state index in [1.54, 1.807) is 11.9 Å². The number of anilines is 1. The van der Waals surface area contributed by atoms with Gasteiger partial charge in [-0.2, -0.15) is 0 Å². The number of aromatic nitrogens is 1. The van der Waals surface area contributed by atoms with E-state index in [9.17, 15) is 0 Å². The van der Waals surface area contributed by atoms with Crippen molar-refractivity contribution in [3.05, 3.63) is 24.4 Å². The standard InChI is InChI=1S/C18H29N3OS/c1-23-20-17-10-12-21(18-9-5-6-11-19-18)13-15(17)14-22-16-7-3-2-4-8-16/h5-6,9,11,15-17,20H,2-4,7-8,10,12-14H2,1H3. The molecule has 2 atom stereocenters. The summed E-state index contributed by atoms with van der Waals surface area (Å²) in [5.41, 5.74) is 0. The van der Waals surface area contributed by atoms with Gasteiger partial charge in [-0.15, -0.1) is 0 Å². The van der Waals surface area contributed by atoms with Crippen LogP contribution in [0.15, 0.2) is 24.4 Å². The molecule has 1 saturated heterocycles. The molecule has 128 valence electrons. The van der Waals surface area contributed by atoms with Gasteiger partial charge >= 0.3 is 0 Å². The molecule has 1 aliphatic heterocycles. The predicted molar refractivity (Wildman–Crippen MR) is 97.8 cm³/mol. The van der Waals surface area contributed by atoms with Crippen LogP contribution in [0.3, 0.4) is 0 Å². The molecule has 1 aromatic rings. The van der Waals surface area contributed by atoms with Crippen LogP contribution in [0.25, 0.3) is 0 Å². The highest BCUT2D eigenvalue weighted by Crippen LogP contribution is 2.26. The fraction of sp³-hybridized carbons (Fsp3) is 0.722. The Hall–Kier alpha value is -0.780. The Bertz CT molecular complexity index is 453. The number of rotatable bonds is 6. The molecule has 4 nitrogen and oxygen atoms in total.